The minimum atomic E-state index is -0.325. The van der Waals surface area contributed by atoms with E-state index in [4.69, 9.17) is 0 Å². The van der Waals surface area contributed by atoms with Crippen molar-refractivity contribution in [2.24, 2.45) is 5.92 Å². The number of hydrogen-bond donors (Lipinski definition) is 1. The quantitative estimate of drug-likeness (QED) is 0.690. The molecule has 5 nitrogen and oxygen atoms in total. The minimum Gasteiger partial charge on any atom is -0.469 e. The topological polar surface area (TPSA) is 66.8 Å². The molecule has 5 heteroatoms. The number of aliphatic hydroxyl groups excluding tert-OH is 1. The Morgan fingerprint density at radius 3 is 2.50 bits per heavy atom. The van der Waals surface area contributed by atoms with Gasteiger partial charge in [-0.25, -0.2) is 0 Å². The van der Waals surface area contributed by atoms with Crippen LogP contribution in [0.4, 0.5) is 0 Å². The van der Waals surface area contributed by atoms with Gasteiger partial charge in [-0.15, -0.1) is 0 Å². The summed E-state index contributed by atoms with van der Waals surface area (Å²) in [4.78, 5) is 25.1. The monoisotopic (exact) mass is 257 g/mol. The molecular formula is C13H23NO4. The predicted molar refractivity (Wildman–Crippen MR) is 66.9 cm³/mol. The maximum atomic E-state index is 12.2. The largest absolute Gasteiger partial charge is 0.469 e. The molecule has 0 saturated heterocycles. The zero-order valence-corrected chi connectivity index (χ0v) is 11.2. The molecule has 0 radical (unpaired) electrons. The Morgan fingerprint density at radius 1 is 1.44 bits per heavy atom. The van der Waals surface area contributed by atoms with Gasteiger partial charge in [0.2, 0.25) is 5.91 Å². The molecule has 1 unspecified atom stereocenters. The van der Waals surface area contributed by atoms with Crippen molar-refractivity contribution in [1.29, 1.82) is 0 Å². The van der Waals surface area contributed by atoms with Gasteiger partial charge in [-0.2, -0.15) is 0 Å². The van der Waals surface area contributed by atoms with Crippen LogP contribution in [0.15, 0.2) is 0 Å². The van der Waals surface area contributed by atoms with E-state index in [2.05, 4.69) is 4.74 Å². The summed E-state index contributed by atoms with van der Waals surface area (Å²) in [6.45, 7) is 2.21. The predicted octanol–water partition coefficient (Wildman–Crippen LogP) is 0.949. The number of nitrogens with zero attached hydrogens (tertiary/aromatic N) is 1. The zero-order chi connectivity index (χ0) is 13.5. The molecular weight excluding hydrogens is 234 g/mol. The van der Waals surface area contributed by atoms with Crippen LogP contribution >= 0.6 is 0 Å². The summed E-state index contributed by atoms with van der Waals surface area (Å²) in [6, 6.07) is -0.192. The summed E-state index contributed by atoms with van der Waals surface area (Å²) in [7, 11) is 1.34. The maximum absolute atomic E-state index is 12.2. The Kier molecular flexibility index (Phi) is 6.12. The Balaban J connectivity index is 2.61. The molecule has 1 aliphatic carbocycles. The van der Waals surface area contributed by atoms with Crippen LogP contribution in [0.5, 0.6) is 0 Å². The van der Waals surface area contributed by atoms with Crippen molar-refractivity contribution in [2.45, 2.75) is 45.1 Å². The Hall–Kier alpha value is -1.10. The summed E-state index contributed by atoms with van der Waals surface area (Å²) in [5.41, 5.74) is 0. The highest BCUT2D eigenvalue weighted by Gasteiger charge is 2.32. The van der Waals surface area contributed by atoms with Crippen LogP contribution in [0.3, 0.4) is 0 Å². The van der Waals surface area contributed by atoms with Crippen molar-refractivity contribution >= 4 is 11.9 Å². The fourth-order valence-electron chi connectivity index (χ4n) is 2.12. The number of ether oxygens (including phenoxy) is 1. The molecule has 0 spiro atoms. The molecule has 18 heavy (non-hydrogen) atoms. The van der Waals surface area contributed by atoms with E-state index in [-0.39, 0.29) is 36.9 Å². The highest BCUT2D eigenvalue weighted by Crippen LogP contribution is 2.29. The van der Waals surface area contributed by atoms with Gasteiger partial charge in [0.05, 0.1) is 26.2 Å². The number of amides is 1. The molecule has 1 atom stereocenters. The van der Waals surface area contributed by atoms with Crippen molar-refractivity contribution in [1.82, 2.24) is 4.90 Å². The zero-order valence-electron chi connectivity index (χ0n) is 11.2. The lowest BCUT2D eigenvalue weighted by atomic mass is 9.84. The average Bonchev–Trinajstić information content (AvgIpc) is 2.31. The molecule has 1 N–H and O–H groups in total. The molecule has 0 bridgehead atoms. The summed E-state index contributed by atoms with van der Waals surface area (Å²) in [5, 5.41) is 9.33. The van der Waals surface area contributed by atoms with Crippen molar-refractivity contribution in [3.05, 3.63) is 0 Å². The number of esters is 1. The molecule has 1 aliphatic rings. The van der Waals surface area contributed by atoms with Crippen LogP contribution in [0, 0.1) is 5.92 Å². The SMILES string of the molecule is CCC(CO)N(CCC(=O)OC)C(=O)C1CCC1. The Morgan fingerprint density at radius 2 is 2.11 bits per heavy atom. The first-order valence-corrected chi connectivity index (χ1v) is 6.62. The first kappa shape index (κ1) is 15.0. The van der Waals surface area contributed by atoms with Crippen molar-refractivity contribution in [2.75, 3.05) is 20.3 Å². The Bertz CT molecular complexity index is 285. The van der Waals surface area contributed by atoms with Crippen LogP contribution in [0.1, 0.15) is 39.0 Å². The second-order valence-corrected chi connectivity index (χ2v) is 4.73. The van der Waals surface area contributed by atoms with Crippen LogP contribution in [-0.4, -0.2) is 48.2 Å². The van der Waals surface area contributed by atoms with E-state index in [1.807, 2.05) is 6.92 Å². The summed E-state index contributed by atoms with van der Waals surface area (Å²) >= 11 is 0. The molecule has 1 fully saturated rings. The highest BCUT2D eigenvalue weighted by atomic mass is 16.5. The number of carbonyl (C=O) groups excluding carboxylic acids is 2. The van der Waals surface area contributed by atoms with Crippen LogP contribution in [0.25, 0.3) is 0 Å². The van der Waals surface area contributed by atoms with Gasteiger partial charge in [0.1, 0.15) is 0 Å². The summed E-state index contributed by atoms with van der Waals surface area (Å²) in [6.07, 6.45) is 3.82. The maximum Gasteiger partial charge on any atom is 0.307 e. The number of aliphatic hydroxyl groups is 1. The first-order valence-electron chi connectivity index (χ1n) is 6.62. The third-order valence-electron chi connectivity index (χ3n) is 3.64. The summed E-state index contributed by atoms with van der Waals surface area (Å²) < 4.78 is 4.59. The lowest BCUT2D eigenvalue weighted by Crippen LogP contribution is -2.47. The number of methoxy groups -OCH3 is 1. The van der Waals surface area contributed by atoms with Gasteiger partial charge in [0.15, 0.2) is 0 Å². The molecule has 1 amide bonds. The van der Waals surface area contributed by atoms with Gasteiger partial charge in [0.25, 0.3) is 0 Å². The van der Waals surface area contributed by atoms with Gasteiger partial charge in [-0.1, -0.05) is 13.3 Å². The third-order valence-corrected chi connectivity index (χ3v) is 3.64. The van der Waals surface area contributed by atoms with Crippen LogP contribution in [0.2, 0.25) is 0 Å². The second-order valence-electron chi connectivity index (χ2n) is 4.73. The molecule has 1 rings (SSSR count). The normalized spacial score (nSPS) is 16.8. The highest BCUT2D eigenvalue weighted by molar-refractivity contribution is 5.80. The standard InChI is InChI=1S/C13H23NO4/c1-3-11(9-15)14(8-7-12(16)18-2)13(17)10-5-4-6-10/h10-11,15H,3-9H2,1-2H3. The van der Waals surface area contributed by atoms with E-state index in [0.717, 1.165) is 19.3 Å². The minimum absolute atomic E-state index is 0.0594. The van der Waals surface area contributed by atoms with Crippen molar-refractivity contribution in [3.8, 4) is 0 Å². The number of hydrogen-bond acceptors (Lipinski definition) is 4. The lowest BCUT2D eigenvalue weighted by molar-refractivity contribution is -0.145. The average molecular weight is 257 g/mol. The van der Waals surface area contributed by atoms with Gasteiger partial charge in [-0.3, -0.25) is 9.59 Å². The van der Waals surface area contributed by atoms with E-state index in [1.54, 1.807) is 4.90 Å². The van der Waals surface area contributed by atoms with E-state index in [0.29, 0.717) is 13.0 Å². The third kappa shape index (κ3) is 3.70. The van der Waals surface area contributed by atoms with E-state index < -0.39 is 0 Å². The van der Waals surface area contributed by atoms with Gasteiger partial charge in [-0.05, 0) is 19.3 Å². The molecule has 1 saturated carbocycles. The second kappa shape index (κ2) is 7.36. The van der Waals surface area contributed by atoms with Crippen molar-refractivity contribution < 1.29 is 19.4 Å². The van der Waals surface area contributed by atoms with E-state index in [9.17, 15) is 14.7 Å². The molecule has 0 heterocycles. The number of carbonyl (C=O) groups is 2. The number of rotatable bonds is 7. The molecule has 0 aliphatic heterocycles. The van der Waals surface area contributed by atoms with E-state index in [1.165, 1.54) is 7.11 Å². The van der Waals surface area contributed by atoms with Crippen LogP contribution in [-0.2, 0) is 14.3 Å². The fraction of sp³-hybridized carbons (Fsp3) is 0.846. The van der Waals surface area contributed by atoms with Crippen molar-refractivity contribution in [3.63, 3.8) is 0 Å². The van der Waals surface area contributed by atoms with Gasteiger partial charge in [0, 0.05) is 12.5 Å². The lowest BCUT2D eigenvalue weighted by Gasteiger charge is -2.35. The molecule has 104 valence electrons. The first-order chi connectivity index (χ1) is 8.63. The molecule has 0 aromatic heterocycles. The summed E-state index contributed by atoms with van der Waals surface area (Å²) in [5.74, 6) is -0.163. The Labute approximate surface area is 108 Å². The van der Waals surface area contributed by atoms with Gasteiger partial charge < -0.3 is 14.7 Å². The smallest absolute Gasteiger partial charge is 0.307 e. The van der Waals surface area contributed by atoms with Gasteiger partial charge >= 0.3 is 5.97 Å². The van der Waals surface area contributed by atoms with Crippen LogP contribution < -0.4 is 0 Å². The fourth-order valence-corrected chi connectivity index (χ4v) is 2.12. The van der Waals surface area contributed by atoms with E-state index >= 15 is 0 Å². The molecule has 0 aromatic rings. The molecule has 0 aromatic carbocycles.